The number of aliphatic hydroxyl groups excluding tert-OH is 1. The number of guanidine groups is 1. The smallest absolute Gasteiger partial charge is 0.326 e. The maximum absolute atomic E-state index is 13.1. The predicted molar refractivity (Wildman–Crippen MR) is 144 cm³/mol. The van der Waals surface area contributed by atoms with Crippen LogP contribution in [0.15, 0.2) is 29.3 Å². The van der Waals surface area contributed by atoms with E-state index in [0.717, 1.165) is 0 Å². The molecule has 1 rings (SSSR count). The molecular formula is C25H41N7O7. The number of carboxylic acid groups (broad SMARTS) is 1. The average Bonchev–Trinajstić information content (AvgIpc) is 2.83. The van der Waals surface area contributed by atoms with Gasteiger partial charge in [0.25, 0.3) is 0 Å². The second-order valence-corrected chi connectivity index (χ2v) is 9.74. The van der Waals surface area contributed by atoms with E-state index >= 15 is 0 Å². The summed E-state index contributed by atoms with van der Waals surface area (Å²) in [7, 11) is 0. The Bertz CT molecular complexity index is 995. The van der Waals surface area contributed by atoms with Crippen molar-refractivity contribution in [2.75, 3.05) is 6.54 Å². The summed E-state index contributed by atoms with van der Waals surface area (Å²) in [6, 6.07) is 0.851. The van der Waals surface area contributed by atoms with Gasteiger partial charge in [0.05, 0.1) is 12.1 Å². The first-order chi connectivity index (χ1) is 18.2. The quantitative estimate of drug-likeness (QED) is 0.0638. The number of carboxylic acids is 1. The number of phenols is 1. The van der Waals surface area contributed by atoms with Gasteiger partial charge in [-0.25, -0.2) is 4.79 Å². The summed E-state index contributed by atoms with van der Waals surface area (Å²) in [5.41, 5.74) is 17.1. The molecular weight excluding hydrogens is 510 g/mol. The van der Waals surface area contributed by atoms with E-state index < -0.39 is 54.0 Å². The number of phenolic OH excluding ortho intramolecular Hbond substituents is 1. The van der Waals surface area contributed by atoms with Crippen LogP contribution in [0.3, 0.4) is 0 Å². The molecule has 39 heavy (non-hydrogen) atoms. The zero-order chi connectivity index (χ0) is 29.7. The Hall–Kier alpha value is -3.91. The minimum absolute atomic E-state index is 0.00310. The summed E-state index contributed by atoms with van der Waals surface area (Å²) in [6.07, 6.45) is -0.744. The Morgan fingerprint density at radius 1 is 0.923 bits per heavy atom. The van der Waals surface area contributed by atoms with Crippen LogP contribution in [0, 0.1) is 5.92 Å². The van der Waals surface area contributed by atoms with Gasteiger partial charge >= 0.3 is 5.97 Å². The summed E-state index contributed by atoms with van der Waals surface area (Å²) in [6.45, 7) is 5.22. The molecule has 5 unspecified atom stereocenters. The van der Waals surface area contributed by atoms with E-state index in [1.165, 1.54) is 31.2 Å². The van der Waals surface area contributed by atoms with Crippen LogP contribution in [0.1, 0.15) is 45.6 Å². The van der Waals surface area contributed by atoms with Crippen LogP contribution in [0.5, 0.6) is 5.75 Å². The average molecular weight is 552 g/mol. The molecule has 1 aromatic carbocycles. The summed E-state index contributed by atoms with van der Waals surface area (Å²) in [5.74, 6) is -3.63. The Morgan fingerprint density at radius 3 is 2.03 bits per heavy atom. The first-order valence-electron chi connectivity index (χ1n) is 12.6. The number of nitrogens with zero attached hydrogens (tertiary/aromatic N) is 1. The van der Waals surface area contributed by atoms with Crippen LogP contribution in [0.25, 0.3) is 0 Å². The van der Waals surface area contributed by atoms with E-state index in [9.17, 15) is 34.5 Å². The molecule has 12 N–H and O–H groups in total. The lowest BCUT2D eigenvalue weighted by atomic mass is 10.0. The third kappa shape index (κ3) is 12.5. The minimum atomic E-state index is -1.53. The first-order valence-corrected chi connectivity index (χ1v) is 12.6. The van der Waals surface area contributed by atoms with E-state index in [4.69, 9.17) is 17.2 Å². The van der Waals surface area contributed by atoms with Crippen LogP contribution in [0.4, 0.5) is 0 Å². The third-order valence-corrected chi connectivity index (χ3v) is 5.69. The fourth-order valence-corrected chi connectivity index (χ4v) is 3.65. The van der Waals surface area contributed by atoms with Crippen molar-refractivity contribution in [3.8, 4) is 5.75 Å². The molecule has 14 heteroatoms. The molecule has 0 radical (unpaired) electrons. The van der Waals surface area contributed by atoms with Crippen molar-refractivity contribution in [1.82, 2.24) is 16.0 Å². The van der Waals surface area contributed by atoms with Gasteiger partial charge in [-0.3, -0.25) is 19.4 Å². The van der Waals surface area contributed by atoms with Crippen LogP contribution >= 0.6 is 0 Å². The Labute approximate surface area is 227 Å². The molecule has 5 atom stereocenters. The van der Waals surface area contributed by atoms with E-state index in [2.05, 4.69) is 20.9 Å². The van der Waals surface area contributed by atoms with Gasteiger partial charge < -0.3 is 48.5 Å². The summed E-state index contributed by atoms with van der Waals surface area (Å²) in [5, 5.41) is 36.5. The molecule has 1 aromatic rings. The molecule has 0 saturated carbocycles. The Balaban J connectivity index is 3.01. The highest BCUT2D eigenvalue weighted by molar-refractivity contribution is 5.94. The van der Waals surface area contributed by atoms with Crippen LogP contribution in [0.2, 0.25) is 0 Å². The zero-order valence-electron chi connectivity index (χ0n) is 22.5. The SMILES string of the molecule is CC(C)CC(N)C(=O)NC(CCCN=C(N)N)C(=O)NC(C(=O)NC(Cc1ccc(O)cc1)C(=O)O)C(C)O. The van der Waals surface area contributed by atoms with E-state index in [1.807, 2.05) is 13.8 Å². The molecule has 218 valence electrons. The highest BCUT2D eigenvalue weighted by Crippen LogP contribution is 2.12. The van der Waals surface area contributed by atoms with Crippen molar-refractivity contribution < 1.29 is 34.5 Å². The van der Waals surface area contributed by atoms with E-state index in [-0.39, 0.29) is 37.0 Å². The number of amides is 3. The maximum Gasteiger partial charge on any atom is 0.326 e. The first kappa shape index (κ1) is 33.1. The molecule has 0 saturated heterocycles. The van der Waals surface area contributed by atoms with Gasteiger partial charge in [-0.2, -0.15) is 0 Å². The summed E-state index contributed by atoms with van der Waals surface area (Å²) < 4.78 is 0. The Morgan fingerprint density at radius 2 is 1.51 bits per heavy atom. The number of aliphatic hydroxyl groups is 1. The standard InChI is InChI=1S/C25H41N7O7/c1-13(2)11-17(26)21(35)30-18(5-4-10-29-25(27)28)22(36)32-20(14(3)33)23(37)31-19(24(38)39)12-15-6-8-16(34)9-7-15/h6-9,13-14,17-20,33-34H,4-5,10-12,26H2,1-3H3,(H,30,35)(H,31,37)(H,32,36)(H,38,39)(H4,27,28,29). The highest BCUT2D eigenvalue weighted by Gasteiger charge is 2.32. The van der Waals surface area contributed by atoms with Gasteiger partial charge in [0.1, 0.15) is 23.9 Å². The number of nitrogens with two attached hydrogens (primary N) is 3. The number of aliphatic imine (C=N–C) groups is 1. The monoisotopic (exact) mass is 551 g/mol. The van der Waals surface area contributed by atoms with Crippen LogP contribution in [-0.4, -0.2) is 81.8 Å². The van der Waals surface area contributed by atoms with Crippen molar-refractivity contribution >= 4 is 29.7 Å². The molecule has 0 aromatic heterocycles. The lowest BCUT2D eigenvalue weighted by molar-refractivity contribution is -0.143. The van der Waals surface area contributed by atoms with Gasteiger partial charge in [0.2, 0.25) is 17.7 Å². The predicted octanol–water partition coefficient (Wildman–Crippen LogP) is -1.72. The topological polar surface area (TPSA) is 255 Å². The van der Waals surface area contributed by atoms with E-state index in [1.54, 1.807) is 0 Å². The molecule has 0 spiro atoms. The van der Waals surface area contributed by atoms with Crippen molar-refractivity contribution in [3.63, 3.8) is 0 Å². The number of hydrogen-bond acceptors (Lipinski definition) is 8. The minimum Gasteiger partial charge on any atom is -0.508 e. The Kier molecular flexibility index (Phi) is 13.7. The van der Waals surface area contributed by atoms with Gasteiger partial charge in [-0.15, -0.1) is 0 Å². The fraction of sp³-hybridized carbons (Fsp3) is 0.560. The molecule has 0 bridgehead atoms. The number of benzene rings is 1. The highest BCUT2D eigenvalue weighted by atomic mass is 16.4. The van der Waals surface area contributed by atoms with Crippen LogP contribution in [-0.2, 0) is 25.6 Å². The third-order valence-electron chi connectivity index (χ3n) is 5.69. The maximum atomic E-state index is 13.1. The number of rotatable bonds is 16. The van der Waals surface area contributed by atoms with Crippen molar-refractivity contribution in [2.24, 2.45) is 28.1 Å². The van der Waals surface area contributed by atoms with E-state index in [0.29, 0.717) is 18.4 Å². The molecule has 0 aliphatic rings. The lowest BCUT2D eigenvalue weighted by Crippen LogP contribution is -2.60. The van der Waals surface area contributed by atoms with Crippen molar-refractivity contribution in [1.29, 1.82) is 0 Å². The van der Waals surface area contributed by atoms with Crippen LogP contribution < -0.4 is 33.2 Å². The molecule has 0 aliphatic carbocycles. The van der Waals surface area contributed by atoms with Crippen molar-refractivity contribution in [2.45, 2.75) is 76.7 Å². The van der Waals surface area contributed by atoms with Gasteiger partial charge in [0, 0.05) is 13.0 Å². The molecule has 14 nitrogen and oxygen atoms in total. The summed E-state index contributed by atoms with van der Waals surface area (Å²) in [4.78, 5) is 54.3. The second-order valence-electron chi connectivity index (χ2n) is 9.74. The number of aromatic hydroxyl groups is 1. The number of nitrogens with one attached hydrogen (secondary N) is 3. The summed E-state index contributed by atoms with van der Waals surface area (Å²) >= 11 is 0. The molecule has 3 amide bonds. The zero-order valence-corrected chi connectivity index (χ0v) is 22.5. The second kappa shape index (κ2) is 16.1. The molecule has 0 aliphatic heterocycles. The number of carbonyl (C=O) groups is 4. The van der Waals surface area contributed by atoms with Gasteiger partial charge in [-0.05, 0) is 49.8 Å². The molecule has 0 fully saturated rings. The van der Waals surface area contributed by atoms with Gasteiger partial charge in [-0.1, -0.05) is 26.0 Å². The van der Waals surface area contributed by atoms with Gasteiger partial charge in [0.15, 0.2) is 5.96 Å². The number of carbonyl (C=O) groups excluding carboxylic acids is 3. The normalized spacial score (nSPS) is 14.8. The largest absolute Gasteiger partial charge is 0.508 e. The number of hydrogen-bond donors (Lipinski definition) is 9. The fourth-order valence-electron chi connectivity index (χ4n) is 3.65. The molecule has 0 heterocycles. The lowest BCUT2D eigenvalue weighted by Gasteiger charge is -2.26. The van der Waals surface area contributed by atoms with Crippen molar-refractivity contribution in [3.05, 3.63) is 29.8 Å². The number of aliphatic carboxylic acids is 1.